The van der Waals surface area contributed by atoms with E-state index in [9.17, 15) is 4.79 Å². The minimum Gasteiger partial charge on any atom is -0.348 e. The van der Waals surface area contributed by atoms with Crippen molar-refractivity contribution in [3.63, 3.8) is 0 Å². The van der Waals surface area contributed by atoms with E-state index in [4.69, 9.17) is 5.73 Å². The van der Waals surface area contributed by atoms with E-state index < -0.39 is 0 Å². The summed E-state index contributed by atoms with van der Waals surface area (Å²) in [6.45, 7) is 12.4. The molecule has 0 spiro atoms. The molecule has 1 aliphatic carbocycles. The highest BCUT2D eigenvalue weighted by Gasteiger charge is 2.60. The number of rotatable bonds is 2. The zero-order valence-corrected chi connectivity index (χ0v) is 13.4. The summed E-state index contributed by atoms with van der Waals surface area (Å²) in [7, 11) is 0. The number of aryl methyl sites for hydroxylation is 2. The SMILES string of the molecule is Cc1cccc(C)c1C(=O)NC1C(C)(C)C(N)C1(C)C. The number of hydrogen-bond donors (Lipinski definition) is 2. The Kier molecular flexibility index (Phi) is 3.45. The first-order valence-electron chi connectivity index (χ1n) is 7.22. The Morgan fingerprint density at radius 1 is 1.10 bits per heavy atom. The quantitative estimate of drug-likeness (QED) is 0.871. The molecule has 1 aromatic carbocycles. The molecule has 1 aromatic rings. The highest BCUT2D eigenvalue weighted by atomic mass is 16.1. The number of nitrogens with two attached hydrogens (primary N) is 1. The minimum atomic E-state index is -0.0737. The average Bonchev–Trinajstić information content (AvgIpc) is 2.34. The van der Waals surface area contributed by atoms with Gasteiger partial charge in [0.1, 0.15) is 0 Å². The Morgan fingerprint density at radius 2 is 1.55 bits per heavy atom. The minimum absolute atomic E-state index is 0.0126. The van der Waals surface area contributed by atoms with Crippen molar-refractivity contribution in [2.75, 3.05) is 0 Å². The van der Waals surface area contributed by atoms with Crippen LogP contribution in [0.15, 0.2) is 18.2 Å². The first-order chi connectivity index (χ1) is 9.10. The first-order valence-corrected chi connectivity index (χ1v) is 7.22. The van der Waals surface area contributed by atoms with Crippen LogP contribution in [0.4, 0.5) is 0 Å². The van der Waals surface area contributed by atoms with Crippen LogP contribution in [0, 0.1) is 24.7 Å². The van der Waals surface area contributed by atoms with Crippen molar-refractivity contribution >= 4 is 5.91 Å². The fourth-order valence-electron chi connectivity index (χ4n) is 3.93. The summed E-state index contributed by atoms with van der Waals surface area (Å²) in [5.41, 5.74) is 8.92. The topological polar surface area (TPSA) is 55.1 Å². The van der Waals surface area contributed by atoms with Crippen LogP contribution in [0.5, 0.6) is 0 Å². The molecular formula is C17H26N2O. The summed E-state index contributed by atoms with van der Waals surface area (Å²) in [6.07, 6.45) is 0. The van der Waals surface area contributed by atoms with Crippen LogP contribution in [0.3, 0.4) is 0 Å². The van der Waals surface area contributed by atoms with E-state index in [0.29, 0.717) is 0 Å². The third-order valence-corrected chi connectivity index (χ3v) is 5.07. The maximum atomic E-state index is 12.6. The van der Waals surface area contributed by atoms with Gasteiger partial charge in [-0.25, -0.2) is 0 Å². The van der Waals surface area contributed by atoms with E-state index in [0.717, 1.165) is 16.7 Å². The van der Waals surface area contributed by atoms with E-state index in [1.54, 1.807) is 0 Å². The maximum Gasteiger partial charge on any atom is 0.252 e. The van der Waals surface area contributed by atoms with E-state index in [1.807, 2.05) is 32.0 Å². The lowest BCUT2D eigenvalue weighted by molar-refractivity contribution is -0.0663. The van der Waals surface area contributed by atoms with Gasteiger partial charge in [0.25, 0.3) is 5.91 Å². The molecule has 0 saturated heterocycles. The van der Waals surface area contributed by atoms with Crippen molar-refractivity contribution in [2.24, 2.45) is 16.6 Å². The molecule has 3 nitrogen and oxygen atoms in total. The number of carbonyl (C=O) groups is 1. The third kappa shape index (κ3) is 2.05. The Labute approximate surface area is 121 Å². The van der Waals surface area contributed by atoms with Crippen molar-refractivity contribution in [1.82, 2.24) is 5.32 Å². The van der Waals surface area contributed by atoms with E-state index >= 15 is 0 Å². The zero-order chi connectivity index (χ0) is 15.3. The predicted molar refractivity (Wildman–Crippen MR) is 82.7 cm³/mol. The number of nitrogens with one attached hydrogen (secondary N) is 1. The van der Waals surface area contributed by atoms with Gasteiger partial charge in [0.15, 0.2) is 0 Å². The van der Waals surface area contributed by atoms with E-state index in [1.165, 1.54) is 0 Å². The van der Waals surface area contributed by atoms with Crippen LogP contribution in [-0.2, 0) is 0 Å². The zero-order valence-electron chi connectivity index (χ0n) is 13.4. The van der Waals surface area contributed by atoms with E-state index in [2.05, 4.69) is 33.0 Å². The van der Waals surface area contributed by atoms with Gasteiger partial charge in [-0.15, -0.1) is 0 Å². The molecule has 1 aliphatic rings. The van der Waals surface area contributed by atoms with Crippen molar-refractivity contribution in [3.05, 3.63) is 34.9 Å². The van der Waals surface area contributed by atoms with Gasteiger partial charge in [0.05, 0.1) is 0 Å². The number of amides is 1. The molecule has 3 N–H and O–H groups in total. The van der Waals surface area contributed by atoms with Crippen LogP contribution >= 0.6 is 0 Å². The monoisotopic (exact) mass is 274 g/mol. The Morgan fingerprint density at radius 3 is 2.00 bits per heavy atom. The molecule has 1 fully saturated rings. The first kappa shape index (κ1) is 15.0. The van der Waals surface area contributed by atoms with Crippen LogP contribution < -0.4 is 11.1 Å². The summed E-state index contributed by atoms with van der Waals surface area (Å²) in [5, 5.41) is 3.21. The van der Waals surface area contributed by atoms with E-state index in [-0.39, 0.29) is 28.8 Å². The molecule has 2 rings (SSSR count). The molecule has 0 aliphatic heterocycles. The number of carbonyl (C=O) groups excluding carboxylic acids is 1. The summed E-state index contributed by atoms with van der Waals surface area (Å²) in [4.78, 5) is 12.6. The van der Waals surface area contributed by atoms with Crippen LogP contribution in [0.2, 0.25) is 0 Å². The van der Waals surface area contributed by atoms with Crippen LogP contribution in [-0.4, -0.2) is 18.0 Å². The highest BCUT2D eigenvalue weighted by Crippen LogP contribution is 2.52. The Balaban J connectivity index is 2.25. The third-order valence-electron chi connectivity index (χ3n) is 5.07. The summed E-state index contributed by atoms with van der Waals surface area (Å²) >= 11 is 0. The number of hydrogen-bond acceptors (Lipinski definition) is 2. The van der Waals surface area contributed by atoms with Gasteiger partial charge >= 0.3 is 0 Å². The molecule has 20 heavy (non-hydrogen) atoms. The van der Waals surface area contributed by atoms with Crippen molar-refractivity contribution in [1.29, 1.82) is 0 Å². The van der Waals surface area contributed by atoms with Crippen LogP contribution in [0.25, 0.3) is 0 Å². The van der Waals surface area contributed by atoms with Gasteiger partial charge in [-0.05, 0) is 25.0 Å². The Bertz CT molecular complexity index is 510. The molecule has 0 bridgehead atoms. The lowest BCUT2D eigenvalue weighted by atomic mass is 9.48. The summed E-state index contributed by atoms with van der Waals surface area (Å²) < 4.78 is 0. The van der Waals surface area contributed by atoms with Gasteiger partial charge < -0.3 is 11.1 Å². The summed E-state index contributed by atoms with van der Waals surface area (Å²) in [5.74, 6) is 0.0126. The largest absolute Gasteiger partial charge is 0.348 e. The van der Waals surface area contributed by atoms with Gasteiger partial charge in [-0.3, -0.25) is 4.79 Å². The molecule has 1 saturated carbocycles. The van der Waals surface area contributed by atoms with Gasteiger partial charge in [0, 0.05) is 28.5 Å². The van der Waals surface area contributed by atoms with Crippen molar-refractivity contribution in [2.45, 2.75) is 53.6 Å². The lowest BCUT2D eigenvalue weighted by Gasteiger charge is -2.62. The summed E-state index contributed by atoms with van der Waals surface area (Å²) in [6, 6.07) is 6.12. The normalized spacial score (nSPS) is 26.8. The number of benzene rings is 1. The molecule has 0 unspecified atom stereocenters. The van der Waals surface area contributed by atoms with Gasteiger partial charge in [-0.1, -0.05) is 45.9 Å². The molecule has 1 amide bonds. The van der Waals surface area contributed by atoms with Crippen LogP contribution in [0.1, 0.15) is 49.2 Å². The predicted octanol–water partition coefficient (Wildman–Crippen LogP) is 2.80. The molecule has 3 heteroatoms. The maximum absolute atomic E-state index is 12.6. The fraction of sp³-hybridized carbons (Fsp3) is 0.588. The van der Waals surface area contributed by atoms with Gasteiger partial charge in [-0.2, -0.15) is 0 Å². The average molecular weight is 274 g/mol. The Hall–Kier alpha value is -1.35. The van der Waals surface area contributed by atoms with Crippen molar-refractivity contribution < 1.29 is 4.79 Å². The second-order valence-electron chi connectivity index (χ2n) is 7.29. The molecule has 0 heterocycles. The standard InChI is InChI=1S/C17H26N2O/c1-10-8-7-9-11(2)12(10)13(20)19-15-16(3,4)14(18)17(15,5)6/h7-9,14-15H,18H2,1-6H3,(H,19,20). The van der Waals surface area contributed by atoms with Crippen molar-refractivity contribution in [3.8, 4) is 0 Å². The smallest absolute Gasteiger partial charge is 0.252 e. The van der Waals surface area contributed by atoms with Gasteiger partial charge in [0.2, 0.25) is 0 Å². The lowest BCUT2D eigenvalue weighted by Crippen LogP contribution is -2.76. The second kappa shape index (κ2) is 4.59. The molecule has 110 valence electrons. The molecule has 0 radical (unpaired) electrons. The molecular weight excluding hydrogens is 248 g/mol. The fourth-order valence-corrected chi connectivity index (χ4v) is 3.93. The highest BCUT2D eigenvalue weighted by molar-refractivity contribution is 5.97. The molecule has 0 atom stereocenters. The second-order valence-corrected chi connectivity index (χ2v) is 7.29. The molecule has 0 aromatic heterocycles.